The van der Waals surface area contributed by atoms with Crippen LogP contribution in [0.15, 0.2) is 18.2 Å². The van der Waals surface area contributed by atoms with Crippen molar-refractivity contribution >= 4 is 23.5 Å². The summed E-state index contributed by atoms with van der Waals surface area (Å²) in [7, 11) is 1.22. The highest BCUT2D eigenvalue weighted by Gasteiger charge is 2.25. The van der Waals surface area contributed by atoms with Crippen molar-refractivity contribution in [3.05, 3.63) is 29.6 Å². The number of methoxy groups -OCH3 is 1. The number of carbonyl (C=O) groups excluding carboxylic acids is 3. The predicted molar refractivity (Wildman–Crippen MR) is 72.1 cm³/mol. The molecule has 0 bridgehead atoms. The summed E-state index contributed by atoms with van der Waals surface area (Å²) in [5, 5.41) is 5.03. The van der Waals surface area contributed by atoms with Gasteiger partial charge in [0, 0.05) is 13.0 Å². The SMILES string of the molecule is COC(=O)c1ccc(F)c(NC(=O)C2CCC(=O)NC2)c1. The maximum absolute atomic E-state index is 13.7. The topological polar surface area (TPSA) is 84.5 Å². The largest absolute Gasteiger partial charge is 0.465 e. The summed E-state index contributed by atoms with van der Waals surface area (Å²) in [6.07, 6.45) is 0.679. The molecule has 7 heteroatoms. The Kier molecular flexibility index (Phi) is 4.52. The van der Waals surface area contributed by atoms with Crippen LogP contribution >= 0.6 is 0 Å². The number of amides is 2. The summed E-state index contributed by atoms with van der Waals surface area (Å²) in [5.74, 6) is -2.16. The van der Waals surface area contributed by atoms with Crippen LogP contribution in [-0.4, -0.2) is 31.4 Å². The molecular weight excluding hydrogens is 279 g/mol. The lowest BCUT2D eigenvalue weighted by molar-refractivity contribution is -0.126. The summed E-state index contributed by atoms with van der Waals surface area (Å²) >= 11 is 0. The van der Waals surface area contributed by atoms with Crippen molar-refractivity contribution in [3.8, 4) is 0 Å². The molecule has 2 amide bonds. The number of benzene rings is 1. The van der Waals surface area contributed by atoms with Crippen LogP contribution in [0, 0.1) is 11.7 Å². The van der Waals surface area contributed by atoms with E-state index in [4.69, 9.17) is 0 Å². The molecule has 21 heavy (non-hydrogen) atoms. The Hall–Kier alpha value is -2.44. The average Bonchev–Trinajstić information content (AvgIpc) is 2.49. The monoisotopic (exact) mass is 294 g/mol. The molecular formula is C14H15FN2O4. The van der Waals surface area contributed by atoms with Gasteiger partial charge in [-0.15, -0.1) is 0 Å². The van der Waals surface area contributed by atoms with Crippen molar-refractivity contribution in [2.24, 2.45) is 5.92 Å². The zero-order valence-corrected chi connectivity index (χ0v) is 11.4. The van der Waals surface area contributed by atoms with E-state index in [0.717, 1.165) is 6.07 Å². The van der Waals surface area contributed by atoms with E-state index >= 15 is 0 Å². The molecule has 0 spiro atoms. The normalized spacial score (nSPS) is 17.8. The van der Waals surface area contributed by atoms with Gasteiger partial charge in [0.15, 0.2) is 0 Å². The van der Waals surface area contributed by atoms with E-state index in [9.17, 15) is 18.8 Å². The first-order valence-electron chi connectivity index (χ1n) is 6.46. The van der Waals surface area contributed by atoms with Crippen molar-refractivity contribution < 1.29 is 23.5 Å². The molecule has 1 aromatic carbocycles. The maximum atomic E-state index is 13.7. The molecule has 1 fully saturated rings. The van der Waals surface area contributed by atoms with E-state index in [1.165, 1.54) is 19.2 Å². The van der Waals surface area contributed by atoms with Crippen LogP contribution in [0.4, 0.5) is 10.1 Å². The van der Waals surface area contributed by atoms with E-state index in [-0.39, 0.29) is 30.1 Å². The molecule has 1 aliphatic rings. The molecule has 6 nitrogen and oxygen atoms in total. The molecule has 1 aromatic rings. The minimum Gasteiger partial charge on any atom is -0.465 e. The number of hydrogen-bond donors (Lipinski definition) is 2. The van der Waals surface area contributed by atoms with Gasteiger partial charge in [-0.1, -0.05) is 0 Å². The fraction of sp³-hybridized carbons (Fsp3) is 0.357. The summed E-state index contributed by atoms with van der Waals surface area (Å²) in [6.45, 7) is 0.225. The van der Waals surface area contributed by atoms with Gasteiger partial charge in [0.2, 0.25) is 11.8 Å². The highest BCUT2D eigenvalue weighted by molar-refractivity contribution is 5.96. The predicted octanol–water partition coefficient (Wildman–Crippen LogP) is 1.08. The zero-order valence-electron chi connectivity index (χ0n) is 11.4. The van der Waals surface area contributed by atoms with Crippen molar-refractivity contribution in [2.75, 3.05) is 19.0 Å². The number of carbonyl (C=O) groups is 3. The van der Waals surface area contributed by atoms with Crippen LogP contribution in [0.2, 0.25) is 0 Å². The van der Waals surface area contributed by atoms with Crippen LogP contribution in [-0.2, 0) is 14.3 Å². The van der Waals surface area contributed by atoms with Crippen LogP contribution in [0.1, 0.15) is 23.2 Å². The first-order valence-corrected chi connectivity index (χ1v) is 6.46. The summed E-state index contributed by atoms with van der Waals surface area (Å²) in [5.41, 5.74) is 0.0611. The maximum Gasteiger partial charge on any atom is 0.337 e. The van der Waals surface area contributed by atoms with Gasteiger partial charge in [0.25, 0.3) is 0 Å². The Balaban J connectivity index is 2.09. The fourth-order valence-corrected chi connectivity index (χ4v) is 2.06. The van der Waals surface area contributed by atoms with Gasteiger partial charge in [-0.25, -0.2) is 9.18 Å². The second-order valence-corrected chi connectivity index (χ2v) is 4.72. The van der Waals surface area contributed by atoms with Gasteiger partial charge in [-0.2, -0.15) is 0 Å². The van der Waals surface area contributed by atoms with E-state index in [2.05, 4.69) is 15.4 Å². The Morgan fingerprint density at radius 3 is 2.81 bits per heavy atom. The van der Waals surface area contributed by atoms with Crippen LogP contribution in [0.25, 0.3) is 0 Å². The van der Waals surface area contributed by atoms with Gasteiger partial charge in [0.05, 0.1) is 24.3 Å². The molecule has 1 aliphatic heterocycles. The number of hydrogen-bond acceptors (Lipinski definition) is 4. The summed E-state index contributed by atoms with van der Waals surface area (Å²) in [4.78, 5) is 34.5. The molecule has 2 rings (SSSR count). The lowest BCUT2D eigenvalue weighted by Crippen LogP contribution is -2.40. The van der Waals surface area contributed by atoms with E-state index in [0.29, 0.717) is 6.42 Å². The summed E-state index contributed by atoms with van der Waals surface area (Å²) in [6, 6.07) is 3.59. The number of halogens is 1. The lowest BCUT2D eigenvalue weighted by Gasteiger charge is -2.21. The number of rotatable bonds is 3. The van der Waals surface area contributed by atoms with E-state index in [1.807, 2.05) is 0 Å². The van der Waals surface area contributed by atoms with E-state index in [1.54, 1.807) is 0 Å². The van der Waals surface area contributed by atoms with Crippen LogP contribution in [0.5, 0.6) is 0 Å². The zero-order chi connectivity index (χ0) is 15.4. The Morgan fingerprint density at radius 1 is 1.43 bits per heavy atom. The molecule has 0 aliphatic carbocycles. The van der Waals surface area contributed by atoms with Gasteiger partial charge >= 0.3 is 5.97 Å². The van der Waals surface area contributed by atoms with Crippen molar-refractivity contribution in [2.45, 2.75) is 12.8 Å². The highest BCUT2D eigenvalue weighted by Crippen LogP contribution is 2.19. The lowest BCUT2D eigenvalue weighted by atomic mass is 9.98. The Bertz CT molecular complexity index is 578. The van der Waals surface area contributed by atoms with Gasteiger partial charge < -0.3 is 15.4 Å². The van der Waals surface area contributed by atoms with Crippen LogP contribution < -0.4 is 10.6 Å². The minimum absolute atomic E-state index is 0.0835. The van der Waals surface area contributed by atoms with Crippen LogP contribution in [0.3, 0.4) is 0 Å². The molecule has 1 saturated heterocycles. The number of esters is 1. The van der Waals surface area contributed by atoms with Gasteiger partial charge in [0.1, 0.15) is 5.82 Å². The van der Waals surface area contributed by atoms with E-state index < -0.39 is 23.6 Å². The molecule has 0 aromatic heterocycles. The smallest absolute Gasteiger partial charge is 0.337 e. The third-order valence-corrected chi connectivity index (χ3v) is 3.28. The molecule has 1 heterocycles. The number of anilines is 1. The Labute approximate surface area is 120 Å². The molecule has 0 radical (unpaired) electrons. The standard InChI is InChI=1S/C14H15FN2O4/c1-21-14(20)8-2-4-10(15)11(6-8)17-13(19)9-3-5-12(18)16-7-9/h2,4,6,9H,3,5,7H2,1H3,(H,16,18)(H,17,19). The molecule has 2 N–H and O–H groups in total. The average molecular weight is 294 g/mol. The number of piperidine rings is 1. The molecule has 1 atom stereocenters. The molecule has 0 saturated carbocycles. The van der Waals surface area contributed by atoms with Gasteiger partial charge in [-0.05, 0) is 24.6 Å². The number of nitrogens with one attached hydrogen (secondary N) is 2. The third kappa shape index (κ3) is 3.56. The molecule has 112 valence electrons. The highest BCUT2D eigenvalue weighted by atomic mass is 19.1. The third-order valence-electron chi connectivity index (χ3n) is 3.28. The van der Waals surface area contributed by atoms with Gasteiger partial charge in [-0.3, -0.25) is 9.59 Å². The first-order chi connectivity index (χ1) is 10.0. The second kappa shape index (κ2) is 6.34. The Morgan fingerprint density at radius 2 is 2.19 bits per heavy atom. The second-order valence-electron chi connectivity index (χ2n) is 4.72. The van der Waals surface area contributed by atoms with Crippen molar-refractivity contribution in [1.82, 2.24) is 5.32 Å². The van der Waals surface area contributed by atoms with Crippen molar-refractivity contribution in [3.63, 3.8) is 0 Å². The first kappa shape index (κ1) is 15.0. The summed E-state index contributed by atoms with van der Waals surface area (Å²) < 4.78 is 18.2. The fourth-order valence-electron chi connectivity index (χ4n) is 2.06. The minimum atomic E-state index is -0.643. The number of ether oxygens (including phenoxy) is 1. The van der Waals surface area contributed by atoms with Crippen molar-refractivity contribution in [1.29, 1.82) is 0 Å². The molecule has 1 unspecified atom stereocenters. The quantitative estimate of drug-likeness (QED) is 0.817.